The number of ether oxygens (including phenoxy) is 2. The SMILES string of the molecule is CC(=O)C[C@@H](C)/C=C/c1ccc(Oc2ccc(Oc3cncs3)cc2Cl)nc1. The van der Waals surface area contributed by atoms with Gasteiger partial charge in [0.2, 0.25) is 10.9 Å². The van der Waals surface area contributed by atoms with E-state index < -0.39 is 0 Å². The number of benzene rings is 1. The molecule has 0 radical (unpaired) electrons. The first-order chi connectivity index (χ1) is 13.5. The molecule has 0 unspecified atom stereocenters. The van der Waals surface area contributed by atoms with E-state index >= 15 is 0 Å². The number of ketones is 1. The van der Waals surface area contributed by atoms with Gasteiger partial charge in [0.15, 0.2) is 0 Å². The summed E-state index contributed by atoms with van der Waals surface area (Å²) in [5.74, 6) is 1.91. The van der Waals surface area contributed by atoms with Crippen molar-refractivity contribution in [1.29, 1.82) is 0 Å². The Labute approximate surface area is 172 Å². The van der Waals surface area contributed by atoms with Gasteiger partial charge in [0.1, 0.15) is 17.3 Å². The number of Topliss-reactive ketones (excluding diaryl/α,β-unsaturated/α-hetero) is 1. The summed E-state index contributed by atoms with van der Waals surface area (Å²) in [7, 11) is 0. The Kier molecular flexibility index (Phi) is 6.79. The maximum absolute atomic E-state index is 11.1. The molecule has 0 spiro atoms. The highest BCUT2D eigenvalue weighted by molar-refractivity contribution is 7.11. The summed E-state index contributed by atoms with van der Waals surface area (Å²) in [4.78, 5) is 19.4. The summed E-state index contributed by atoms with van der Waals surface area (Å²) < 4.78 is 11.4. The highest BCUT2D eigenvalue weighted by Crippen LogP contribution is 2.34. The van der Waals surface area contributed by atoms with Crippen molar-refractivity contribution in [3.63, 3.8) is 0 Å². The van der Waals surface area contributed by atoms with Gasteiger partial charge in [0, 0.05) is 24.8 Å². The van der Waals surface area contributed by atoms with Crippen LogP contribution in [0.5, 0.6) is 22.4 Å². The van der Waals surface area contributed by atoms with Crippen LogP contribution in [0, 0.1) is 5.92 Å². The number of pyridine rings is 1. The van der Waals surface area contributed by atoms with Gasteiger partial charge in [0.05, 0.1) is 16.7 Å². The van der Waals surface area contributed by atoms with E-state index in [1.54, 1.807) is 49.1 Å². The van der Waals surface area contributed by atoms with Gasteiger partial charge in [-0.3, -0.25) is 0 Å². The molecule has 0 aliphatic heterocycles. The Morgan fingerprint density at radius 2 is 2.11 bits per heavy atom. The van der Waals surface area contributed by atoms with Crippen LogP contribution in [-0.2, 0) is 4.79 Å². The second-order valence-electron chi connectivity index (χ2n) is 6.29. The standard InChI is InChI=1S/C21H19ClN2O3S/c1-14(9-15(2)25)3-4-16-5-8-20(24-11-16)27-19-7-6-17(10-18(19)22)26-21-12-23-13-28-21/h3-8,10-14H,9H2,1-2H3/b4-3+/t14-/m0/s1. The van der Waals surface area contributed by atoms with Crippen molar-refractivity contribution in [1.82, 2.24) is 9.97 Å². The van der Waals surface area contributed by atoms with Crippen molar-refractivity contribution in [2.75, 3.05) is 0 Å². The Morgan fingerprint density at radius 1 is 1.25 bits per heavy atom. The van der Waals surface area contributed by atoms with Gasteiger partial charge < -0.3 is 14.3 Å². The number of hydrogen-bond donors (Lipinski definition) is 0. The molecule has 5 nitrogen and oxygen atoms in total. The van der Waals surface area contributed by atoms with Crippen LogP contribution in [0.3, 0.4) is 0 Å². The summed E-state index contributed by atoms with van der Waals surface area (Å²) in [5.41, 5.74) is 2.63. The van der Waals surface area contributed by atoms with Crippen LogP contribution >= 0.6 is 22.9 Å². The smallest absolute Gasteiger partial charge is 0.219 e. The normalized spacial score (nSPS) is 12.1. The topological polar surface area (TPSA) is 61.3 Å². The quantitative estimate of drug-likeness (QED) is 0.426. The second-order valence-corrected chi connectivity index (χ2v) is 7.55. The first-order valence-electron chi connectivity index (χ1n) is 8.67. The first kappa shape index (κ1) is 20.0. The third-order valence-electron chi connectivity index (χ3n) is 3.73. The zero-order valence-electron chi connectivity index (χ0n) is 15.5. The number of thiazole rings is 1. The molecule has 0 fully saturated rings. The number of nitrogens with zero attached hydrogens (tertiary/aromatic N) is 2. The molecule has 0 amide bonds. The van der Waals surface area contributed by atoms with E-state index in [9.17, 15) is 4.79 Å². The van der Waals surface area contributed by atoms with Crippen LogP contribution in [0.1, 0.15) is 25.8 Å². The van der Waals surface area contributed by atoms with Crippen LogP contribution in [-0.4, -0.2) is 15.8 Å². The lowest BCUT2D eigenvalue weighted by Crippen LogP contribution is -1.97. The van der Waals surface area contributed by atoms with E-state index in [0.29, 0.717) is 33.9 Å². The summed E-state index contributed by atoms with van der Waals surface area (Å²) in [5, 5.41) is 1.11. The Hall–Kier alpha value is -2.70. The third-order valence-corrected chi connectivity index (χ3v) is 4.68. The minimum absolute atomic E-state index is 0.180. The highest BCUT2D eigenvalue weighted by atomic mass is 35.5. The Bertz CT molecular complexity index is 956. The molecule has 0 bridgehead atoms. The molecule has 3 rings (SSSR count). The van der Waals surface area contributed by atoms with Crippen molar-refractivity contribution in [2.24, 2.45) is 5.92 Å². The lowest BCUT2D eigenvalue weighted by atomic mass is 10.0. The minimum Gasteiger partial charge on any atom is -0.445 e. The summed E-state index contributed by atoms with van der Waals surface area (Å²) in [6, 6.07) is 8.86. The van der Waals surface area contributed by atoms with Crippen LogP contribution in [0.2, 0.25) is 5.02 Å². The second kappa shape index (κ2) is 9.48. The summed E-state index contributed by atoms with van der Waals surface area (Å²) in [6.45, 7) is 3.61. The third kappa shape index (κ3) is 5.90. The molecule has 0 saturated carbocycles. The van der Waals surface area contributed by atoms with E-state index in [1.165, 1.54) is 11.3 Å². The molecule has 28 heavy (non-hydrogen) atoms. The maximum atomic E-state index is 11.1. The predicted molar refractivity (Wildman–Crippen MR) is 111 cm³/mol. The Morgan fingerprint density at radius 3 is 2.75 bits per heavy atom. The van der Waals surface area contributed by atoms with Crippen molar-refractivity contribution < 1.29 is 14.3 Å². The highest BCUT2D eigenvalue weighted by Gasteiger charge is 2.08. The van der Waals surface area contributed by atoms with Crippen molar-refractivity contribution in [3.05, 3.63) is 64.9 Å². The van der Waals surface area contributed by atoms with Crippen LogP contribution < -0.4 is 9.47 Å². The van der Waals surface area contributed by atoms with E-state index in [2.05, 4.69) is 9.97 Å². The molecular weight excluding hydrogens is 396 g/mol. The van der Waals surface area contributed by atoms with E-state index in [-0.39, 0.29) is 11.7 Å². The van der Waals surface area contributed by atoms with Crippen LogP contribution in [0.4, 0.5) is 0 Å². The van der Waals surface area contributed by atoms with Crippen molar-refractivity contribution in [2.45, 2.75) is 20.3 Å². The van der Waals surface area contributed by atoms with Gasteiger partial charge in [-0.05, 0) is 36.6 Å². The van der Waals surface area contributed by atoms with Gasteiger partial charge in [0.25, 0.3) is 0 Å². The minimum atomic E-state index is 0.180. The van der Waals surface area contributed by atoms with Gasteiger partial charge in [-0.15, -0.1) is 0 Å². The largest absolute Gasteiger partial charge is 0.445 e. The number of carbonyl (C=O) groups excluding carboxylic acids is 1. The fraction of sp³-hybridized carbons (Fsp3) is 0.190. The number of allylic oxidation sites excluding steroid dienone is 1. The Balaban J connectivity index is 1.62. The lowest BCUT2D eigenvalue weighted by molar-refractivity contribution is -0.117. The van der Waals surface area contributed by atoms with Gasteiger partial charge in [-0.1, -0.05) is 42.0 Å². The number of hydrogen-bond acceptors (Lipinski definition) is 6. The molecule has 2 heterocycles. The first-order valence-corrected chi connectivity index (χ1v) is 9.93. The zero-order valence-corrected chi connectivity index (χ0v) is 17.0. The number of rotatable bonds is 8. The molecule has 0 aliphatic rings. The molecule has 2 aromatic heterocycles. The summed E-state index contributed by atoms with van der Waals surface area (Å²) >= 11 is 7.69. The fourth-order valence-corrected chi connectivity index (χ4v) is 3.16. The maximum Gasteiger partial charge on any atom is 0.219 e. The average molecular weight is 415 g/mol. The van der Waals surface area contributed by atoms with Gasteiger partial charge in [-0.25, -0.2) is 9.97 Å². The van der Waals surface area contributed by atoms with Crippen molar-refractivity contribution >= 4 is 34.8 Å². The van der Waals surface area contributed by atoms with Gasteiger partial charge in [-0.2, -0.15) is 0 Å². The average Bonchev–Trinajstić information content (AvgIpc) is 3.16. The van der Waals surface area contributed by atoms with Crippen LogP contribution in [0.25, 0.3) is 6.08 Å². The lowest BCUT2D eigenvalue weighted by Gasteiger charge is -2.09. The fourth-order valence-electron chi connectivity index (χ4n) is 2.46. The predicted octanol–water partition coefficient (Wildman–Crippen LogP) is 6.40. The molecule has 0 N–H and O–H groups in total. The van der Waals surface area contributed by atoms with Crippen molar-refractivity contribution in [3.8, 4) is 22.4 Å². The van der Waals surface area contributed by atoms with Crippen LogP contribution in [0.15, 0.2) is 54.3 Å². The molecule has 7 heteroatoms. The van der Waals surface area contributed by atoms with Gasteiger partial charge >= 0.3 is 0 Å². The molecule has 1 atom stereocenters. The molecular formula is C21H19ClN2O3S. The monoisotopic (exact) mass is 414 g/mol. The molecule has 0 saturated heterocycles. The molecule has 1 aromatic carbocycles. The molecule has 0 aliphatic carbocycles. The number of carbonyl (C=O) groups is 1. The number of halogens is 1. The molecule has 144 valence electrons. The number of aromatic nitrogens is 2. The van der Waals surface area contributed by atoms with E-state index in [0.717, 1.165) is 5.56 Å². The van der Waals surface area contributed by atoms with E-state index in [1.807, 2.05) is 25.1 Å². The van der Waals surface area contributed by atoms with E-state index in [4.69, 9.17) is 21.1 Å². The molecule has 3 aromatic rings. The summed E-state index contributed by atoms with van der Waals surface area (Å²) in [6.07, 6.45) is 7.83. The zero-order chi connectivity index (χ0) is 19.9.